The number of hydrogen-bond donors (Lipinski definition) is 2. The van der Waals surface area contributed by atoms with Gasteiger partial charge in [-0.2, -0.15) is 0 Å². The van der Waals surface area contributed by atoms with Gasteiger partial charge in [-0.25, -0.2) is 12.8 Å². The van der Waals surface area contributed by atoms with Crippen molar-refractivity contribution < 1.29 is 12.8 Å². The molecule has 0 saturated heterocycles. The largest absolute Gasteiger partial charge is 0.398 e. The van der Waals surface area contributed by atoms with Crippen molar-refractivity contribution in [3.8, 4) is 0 Å². The van der Waals surface area contributed by atoms with Crippen molar-refractivity contribution in [1.29, 1.82) is 0 Å². The molecule has 3 N–H and O–H groups in total. The lowest BCUT2D eigenvalue weighted by molar-refractivity contribution is 0.598. The number of anilines is 2. The zero-order valence-electron chi connectivity index (χ0n) is 10.5. The second kappa shape index (κ2) is 5.41. The van der Waals surface area contributed by atoms with Crippen LogP contribution in [-0.2, 0) is 10.0 Å². The van der Waals surface area contributed by atoms with Gasteiger partial charge < -0.3 is 5.73 Å². The number of nitrogens with two attached hydrogens (primary N) is 1. The Morgan fingerprint density at radius 3 is 2.50 bits per heavy atom. The van der Waals surface area contributed by atoms with Crippen LogP contribution in [0.5, 0.6) is 0 Å². The van der Waals surface area contributed by atoms with E-state index in [2.05, 4.69) is 20.7 Å². The van der Waals surface area contributed by atoms with Crippen LogP contribution >= 0.6 is 15.9 Å². The first-order valence-electron chi connectivity index (χ1n) is 5.63. The molecule has 106 valence electrons. The Kier molecular flexibility index (Phi) is 4.01. The van der Waals surface area contributed by atoms with Gasteiger partial charge in [0.25, 0.3) is 10.0 Å². The number of halogens is 2. The Hall–Kier alpha value is -1.60. The van der Waals surface area contributed by atoms with Crippen LogP contribution in [0.25, 0.3) is 0 Å². The highest BCUT2D eigenvalue weighted by Crippen LogP contribution is 2.24. The fourth-order valence-corrected chi connectivity index (χ4v) is 3.00. The zero-order chi connectivity index (χ0) is 14.9. The summed E-state index contributed by atoms with van der Waals surface area (Å²) in [5, 5.41) is 0. The van der Waals surface area contributed by atoms with Crippen molar-refractivity contribution in [3.63, 3.8) is 0 Å². The summed E-state index contributed by atoms with van der Waals surface area (Å²) in [6.45, 7) is 1.77. The van der Waals surface area contributed by atoms with Crippen molar-refractivity contribution in [2.75, 3.05) is 10.5 Å². The summed E-state index contributed by atoms with van der Waals surface area (Å²) in [5.74, 6) is -0.664. The van der Waals surface area contributed by atoms with E-state index in [1.54, 1.807) is 19.1 Å². The molecule has 0 aliphatic carbocycles. The van der Waals surface area contributed by atoms with E-state index < -0.39 is 15.8 Å². The quantitative estimate of drug-likeness (QED) is 0.827. The Bertz CT molecular complexity index is 763. The van der Waals surface area contributed by atoms with Crippen LogP contribution in [0, 0.1) is 12.7 Å². The van der Waals surface area contributed by atoms with Crippen LogP contribution in [0.15, 0.2) is 45.8 Å². The highest BCUT2D eigenvalue weighted by molar-refractivity contribution is 9.10. The number of nitrogens with one attached hydrogen (secondary N) is 1. The van der Waals surface area contributed by atoms with E-state index in [1.807, 2.05) is 0 Å². The molecule has 2 rings (SSSR count). The molecule has 2 aromatic rings. The number of aryl methyl sites for hydroxylation is 1. The first-order chi connectivity index (χ1) is 9.29. The molecule has 0 fully saturated rings. The summed E-state index contributed by atoms with van der Waals surface area (Å²) in [7, 11) is -3.87. The van der Waals surface area contributed by atoms with E-state index in [-0.39, 0.29) is 10.6 Å². The van der Waals surface area contributed by atoms with E-state index in [9.17, 15) is 12.8 Å². The number of rotatable bonds is 3. The van der Waals surface area contributed by atoms with Gasteiger partial charge in [-0.15, -0.1) is 0 Å². The third-order valence-corrected chi connectivity index (χ3v) is 4.59. The molecular formula is C13H12BrFN2O2S. The highest BCUT2D eigenvalue weighted by atomic mass is 79.9. The third-order valence-electron chi connectivity index (χ3n) is 2.74. The predicted molar refractivity (Wildman–Crippen MR) is 80.5 cm³/mol. The molecule has 2 aromatic carbocycles. The number of benzene rings is 2. The van der Waals surface area contributed by atoms with Gasteiger partial charge in [0.1, 0.15) is 5.82 Å². The van der Waals surface area contributed by atoms with Crippen molar-refractivity contribution in [2.24, 2.45) is 0 Å². The summed E-state index contributed by atoms with van der Waals surface area (Å²) in [6.07, 6.45) is 0. The molecule has 0 saturated carbocycles. The minimum Gasteiger partial charge on any atom is -0.398 e. The maximum atomic E-state index is 13.7. The number of hydrogen-bond acceptors (Lipinski definition) is 3. The van der Waals surface area contributed by atoms with Gasteiger partial charge in [-0.3, -0.25) is 4.72 Å². The average Bonchev–Trinajstić information content (AvgIpc) is 2.36. The van der Waals surface area contributed by atoms with Gasteiger partial charge in [0.15, 0.2) is 0 Å². The van der Waals surface area contributed by atoms with Crippen LogP contribution in [0.1, 0.15) is 5.56 Å². The van der Waals surface area contributed by atoms with E-state index in [0.29, 0.717) is 10.2 Å². The molecule has 0 unspecified atom stereocenters. The van der Waals surface area contributed by atoms with E-state index in [4.69, 9.17) is 5.73 Å². The van der Waals surface area contributed by atoms with Crippen LogP contribution in [-0.4, -0.2) is 8.42 Å². The van der Waals surface area contributed by atoms with Crippen molar-refractivity contribution in [1.82, 2.24) is 0 Å². The number of nitrogen functional groups attached to an aromatic ring is 1. The molecule has 0 radical (unpaired) electrons. The summed E-state index contributed by atoms with van der Waals surface area (Å²) in [6, 6.07) is 8.43. The van der Waals surface area contributed by atoms with Gasteiger partial charge >= 0.3 is 0 Å². The smallest absolute Gasteiger partial charge is 0.262 e. The van der Waals surface area contributed by atoms with Crippen LogP contribution in [0.3, 0.4) is 0 Å². The molecule has 0 aromatic heterocycles. The third kappa shape index (κ3) is 3.10. The fraction of sp³-hybridized carbons (Fsp3) is 0.0769. The summed E-state index contributed by atoms with van der Waals surface area (Å²) >= 11 is 3.10. The molecule has 7 heteroatoms. The van der Waals surface area contributed by atoms with Gasteiger partial charge in [0, 0.05) is 10.2 Å². The first-order valence-corrected chi connectivity index (χ1v) is 7.91. The predicted octanol–water partition coefficient (Wildman–Crippen LogP) is 3.28. The minimum absolute atomic E-state index is 0.0112. The second-order valence-corrected chi connectivity index (χ2v) is 6.85. The monoisotopic (exact) mass is 358 g/mol. The molecule has 0 atom stereocenters. The summed E-state index contributed by atoms with van der Waals surface area (Å²) in [4.78, 5) is -0.0112. The Labute approximate surface area is 125 Å². The second-order valence-electron chi connectivity index (χ2n) is 4.25. The van der Waals surface area contributed by atoms with Crippen LogP contribution in [0.4, 0.5) is 15.8 Å². The first kappa shape index (κ1) is 14.8. The molecule has 0 amide bonds. The van der Waals surface area contributed by atoms with Gasteiger partial charge in [-0.05, 0) is 42.8 Å². The van der Waals surface area contributed by atoms with Crippen molar-refractivity contribution in [3.05, 3.63) is 52.3 Å². The van der Waals surface area contributed by atoms with Gasteiger partial charge in [0.2, 0.25) is 0 Å². The summed E-state index contributed by atoms with van der Waals surface area (Å²) < 4.78 is 40.7. The maximum absolute atomic E-state index is 13.7. The molecule has 0 aliphatic rings. The van der Waals surface area contributed by atoms with Crippen LogP contribution < -0.4 is 10.5 Å². The van der Waals surface area contributed by atoms with Gasteiger partial charge in [-0.1, -0.05) is 22.0 Å². The zero-order valence-corrected chi connectivity index (χ0v) is 12.9. The topological polar surface area (TPSA) is 72.2 Å². The van der Waals surface area contributed by atoms with Crippen molar-refractivity contribution >= 4 is 37.3 Å². The lowest BCUT2D eigenvalue weighted by Crippen LogP contribution is -2.14. The van der Waals surface area contributed by atoms with E-state index in [1.165, 1.54) is 24.3 Å². The Morgan fingerprint density at radius 1 is 1.20 bits per heavy atom. The maximum Gasteiger partial charge on any atom is 0.262 e. The minimum atomic E-state index is -3.87. The average molecular weight is 359 g/mol. The molecule has 20 heavy (non-hydrogen) atoms. The van der Waals surface area contributed by atoms with Gasteiger partial charge in [0.05, 0.1) is 10.6 Å². The van der Waals surface area contributed by atoms with Crippen molar-refractivity contribution in [2.45, 2.75) is 11.8 Å². The molecule has 0 aliphatic heterocycles. The normalized spacial score (nSPS) is 11.3. The molecule has 4 nitrogen and oxygen atoms in total. The van der Waals surface area contributed by atoms with E-state index >= 15 is 0 Å². The Morgan fingerprint density at radius 2 is 1.90 bits per heavy atom. The lowest BCUT2D eigenvalue weighted by atomic mass is 10.2. The lowest BCUT2D eigenvalue weighted by Gasteiger charge is -2.10. The fourth-order valence-electron chi connectivity index (χ4n) is 1.56. The molecular weight excluding hydrogens is 347 g/mol. The molecule has 0 bridgehead atoms. The van der Waals surface area contributed by atoms with E-state index in [0.717, 1.165) is 5.56 Å². The summed E-state index contributed by atoms with van der Waals surface area (Å²) in [5.41, 5.74) is 6.71. The highest BCUT2D eigenvalue weighted by Gasteiger charge is 2.17. The van der Waals surface area contributed by atoms with Crippen LogP contribution in [0.2, 0.25) is 0 Å². The standard InChI is InChI=1S/C13H12BrFN2O2S/c1-8-2-4-10(7-12(8)16)20(18,19)17-13-5-3-9(14)6-11(13)15/h2-7,17H,16H2,1H3. The Balaban J connectivity index is 2.38. The molecule has 0 spiro atoms. The molecule has 0 heterocycles. The SMILES string of the molecule is Cc1ccc(S(=O)(=O)Nc2ccc(Br)cc2F)cc1N. The number of sulfonamides is 1.